The Kier molecular flexibility index (Phi) is 5.31. The molecule has 4 nitrogen and oxygen atoms in total. The summed E-state index contributed by atoms with van der Waals surface area (Å²) in [5.41, 5.74) is 4.20. The highest BCUT2D eigenvalue weighted by atomic mass is 16.3. The molecule has 2 N–H and O–H groups in total. The van der Waals surface area contributed by atoms with Crippen LogP contribution in [0.1, 0.15) is 30.2 Å². The van der Waals surface area contributed by atoms with E-state index in [0.717, 1.165) is 16.7 Å². The highest BCUT2D eigenvalue weighted by Crippen LogP contribution is 2.21. The van der Waals surface area contributed by atoms with E-state index in [9.17, 15) is 5.11 Å². The van der Waals surface area contributed by atoms with E-state index in [0.29, 0.717) is 6.54 Å². The molecule has 3 aromatic rings. The van der Waals surface area contributed by atoms with Crippen LogP contribution in [0.25, 0.3) is 11.1 Å². The molecule has 0 bridgehead atoms. The van der Waals surface area contributed by atoms with Crippen LogP contribution < -0.4 is 5.32 Å². The maximum Gasteiger partial charge on any atom is 0.115 e. The number of hydrogen-bond acceptors (Lipinski definition) is 4. The minimum absolute atomic E-state index is 0.157. The molecule has 2 unspecified atom stereocenters. The van der Waals surface area contributed by atoms with E-state index in [1.807, 2.05) is 30.3 Å². The van der Waals surface area contributed by atoms with Gasteiger partial charge in [0.05, 0.1) is 6.10 Å². The fourth-order valence-corrected chi connectivity index (χ4v) is 2.61. The molecule has 0 amide bonds. The lowest BCUT2D eigenvalue weighted by Gasteiger charge is -2.18. The van der Waals surface area contributed by atoms with Crippen molar-refractivity contribution in [2.45, 2.75) is 19.1 Å². The minimum Gasteiger partial charge on any atom is -0.387 e. The first-order chi connectivity index (χ1) is 11.7. The fourth-order valence-electron chi connectivity index (χ4n) is 2.61. The number of benzene rings is 2. The second-order valence-corrected chi connectivity index (χ2v) is 5.81. The third-order valence-electron chi connectivity index (χ3n) is 4.11. The van der Waals surface area contributed by atoms with E-state index in [4.69, 9.17) is 0 Å². The topological polar surface area (TPSA) is 58.0 Å². The van der Waals surface area contributed by atoms with Crippen LogP contribution in [0.5, 0.6) is 0 Å². The van der Waals surface area contributed by atoms with E-state index in [1.165, 1.54) is 11.9 Å². The van der Waals surface area contributed by atoms with Gasteiger partial charge in [-0.25, -0.2) is 9.97 Å². The van der Waals surface area contributed by atoms with Gasteiger partial charge in [0.25, 0.3) is 0 Å². The molecule has 4 heteroatoms. The van der Waals surface area contributed by atoms with E-state index < -0.39 is 6.10 Å². The smallest absolute Gasteiger partial charge is 0.115 e. The largest absolute Gasteiger partial charge is 0.387 e. The van der Waals surface area contributed by atoms with Crippen LogP contribution in [0.4, 0.5) is 0 Å². The summed E-state index contributed by atoms with van der Waals surface area (Å²) in [4.78, 5) is 8.09. The van der Waals surface area contributed by atoms with E-state index in [1.54, 1.807) is 12.4 Å². The maximum absolute atomic E-state index is 10.2. The van der Waals surface area contributed by atoms with Crippen LogP contribution >= 0.6 is 0 Å². The van der Waals surface area contributed by atoms with Gasteiger partial charge >= 0.3 is 0 Å². The minimum atomic E-state index is -0.505. The summed E-state index contributed by atoms with van der Waals surface area (Å²) in [5.74, 6) is 0. The molecule has 0 saturated heterocycles. The number of aliphatic hydroxyl groups excluding tert-OH is 1. The van der Waals surface area contributed by atoms with Gasteiger partial charge in [0.2, 0.25) is 0 Å². The van der Waals surface area contributed by atoms with Crippen molar-refractivity contribution in [2.24, 2.45) is 0 Å². The van der Waals surface area contributed by atoms with Gasteiger partial charge in [-0.2, -0.15) is 0 Å². The first kappa shape index (κ1) is 16.3. The number of aromatic nitrogens is 2. The van der Waals surface area contributed by atoms with Gasteiger partial charge in [0, 0.05) is 30.5 Å². The SMILES string of the molecule is CC(NCC(O)c1ccccc1)c1ccc(-c2cncnc2)cc1. The molecule has 0 radical (unpaired) electrons. The predicted octanol–water partition coefficient (Wildman–Crippen LogP) is 3.53. The zero-order valence-electron chi connectivity index (χ0n) is 13.6. The van der Waals surface area contributed by atoms with Gasteiger partial charge in [0.15, 0.2) is 0 Å². The average Bonchev–Trinajstić information content (AvgIpc) is 2.67. The number of hydrogen-bond donors (Lipinski definition) is 2. The molecule has 122 valence electrons. The molecule has 1 heterocycles. The monoisotopic (exact) mass is 319 g/mol. The van der Waals surface area contributed by atoms with Crippen molar-refractivity contribution in [3.05, 3.63) is 84.4 Å². The second kappa shape index (κ2) is 7.81. The Balaban J connectivity index is 1.60. The first-order valence-electron chi connectivity index (χ1n) is 8.06. The maximum atomic E-state index is 10.2. The Morgan fingerprint density at radius 3 is 2.21 bits per heavy atom. The third-order valence-corrected chi connectivity index (χ3v) is 4.11. The van der Waals surface area contributed by atoms with Gasteiger partial charge in [-0.3, -0.25) is 0 Å². The molecule has 1 aromatic heterocycles. The summed E-state index contributed by atoms with van der Waals surface area (Å²) in [6.45, 7) is 2.61. The Labute approximate surface area is 142 Å². The summed E-state index contributed by atoms with van der Waals surface area (Å²) >= 11 is 0. The van der Waals surface area contributed by atoms with Gasteiger partial charge in [-0.1, -0.05) is 54.6 Å². The van der Waals surface area contributed by atoms with Crippen molar-refractivity contribution < 1.29 is 5.11 Å². The molecule has 0 saturated carbocycles. The molecular formula is C20H21N3O. The number of rotatable bonds is 6. The van der Waals surface area contributed by atoms with Crippen molar-refractivity contribution in [1.29, 1.82) is 0 Å². The van der Waals surface area contributed by atoms with Crippen LogP contribution in [-0.4, -0.2) is 21.6 Å². The van der Waals surface area contributed by atoms with Crippen LogP contribution in [0.2, 0.25) is 0 Å². The predicted molar refractivity (Wildman–Crippen MR) is 95.3 cm³/mol. The Bertz CT molecular complexity index is 745. The molecule has 0 aliphatic heterocycles. The van der Waals surface area contributed by atoms with E-state index >= 15 is 0 Å². The van der Waals surface area contributed by atoms with Crippen LogP contribution in [0.15, 0.2) is 73.3 Å². The summed E-state index contributed by atoms with van der Waals surface area (Å²) in [6.07, 6.45) is 4.64. The Hall–Kier alpha value is -2.56. The van der Waals surface area contributed by atoms with Gasteiger partial charge in [-0.15, -0.1) is 0 Å². The molecule has 0 spiro atoms. The molecule has 0 fully saturated rings. The molecule has 24 heavy (non-hydrogen) atoms. The standard InChI is InChI=1S/C20H21N3O/c1-15(23-13-20(24)18-5-3-2-4-6-18)16-7-9-17(10-8-16)19-11-21-14-22-12-19/h2-12,14-15,20,23-24H,13H2,1H3. The highest BCUT2D eigenvalue weighted by Gasteiger charge is 2.10. The third kappa shape index (κ3) is 4.04. The van der Waals surface area contributed by atoms with Crippen LogP contribution in [0, 0.1) is 0 Å². The van der Waals surface area contributed by atoms with Crippen molar-refractivity contribution in [3.63, 3.8) is 0 Å². The van der Waals surface area contributed by atoms with Crippen molar-refractivity contribution in [2.75, 3.05) is 6.54 Å². The Morgan fingerprint density at radius 2 is 1.54 bits per heavy atom. The fraction of sp³-hybridized carbons (Fsp3) is 0.200. The summed E-state index contributed by atoms with van der Waals surface area (Å²) in [7, 11) is 0. The average molecular weight is 319 g/mol. The molecular weight excluding hydrogens is 298 g/mol. The number of nitrogens with one attached hydrogen (secondary N) is 1. The van der Waals surface area contributed by atoms with Gasteiger partial charge in [-0.05, 0) is 23.6 Å². The number of aliphatic hydroxyl groups is 1. The lowest BCUT2D eigenvalue weighted by atomic mass is 10.0. The molecule has 3 rings (SSSR count). The first-order valence-corrected chi connectivity index (χ1v) is 8.06. The zero-order chi connectivity index (χ0) is 16.8. The van der Waals surface area contributed by atoms with Crippen molar-refractivity contribution >= 4 is 0 Å². The highest BCUT2D eigenvalue weighted by molar-refractivity contribution is 5.61. The summed E-state index contributed by atoms with van der Waals surface area (Å²) in [5, 5.41) is 13.6. The summed E-state index contributed by atoms with van der Waals surface area (Å²) in [6, 6.07) is 18.2. The van der Waals surface area contributed by atoms with Gasteiger partial charge < -0.3 is 10.4 Å². The lowest BCUT2D eigenvalue weighted by Crippen LogP contribution is -2.24. The zero-order valence-corrected chi connectivity index (χ0v) is 13.6. The molecule has 0 aliphatic carbocycles. The van der Waals surface area contributed by atoms with E-state index in [2.05, 4.69) is 46.5 Å². The van der Waals surface area contributed by atoms with Gasteiger partial charge in [0.1, 0.15) is 6.33 Å². The molecule has 2 aromatic carbocycles. The number of nitrogens with zero attached hydrogens (tertiary/aromatic N) is 2. The van der Waals surface area contributed by atoms with Crippen LogP contribution in [-0.2, 0) is 0 Å². The quantitative estimate of drug-likeness (QED) is 0.730. The normalized spacial score (nSPS) is 13.4. The summed E-state index contributed by atoms with van der Waals surface area (Å²) < 4.78 is 0. The Morgan fingerprint density at radius 1 is 0.875 bits per heavy atom. The van der Waals surface area contributed by atoms with E-state index in [-0.39, 0.29) is 6.04 Å². The second-order valence-electron chi connectivity index (χ2n) is 5.81. The van der Waals surface area contributed by atoms with Crippen molar-refractivity contribution in [1.82, 2.24) is 15.3 Å². The molecule has 2 atom stereocenters. The molecule has 0 aliphatic rings. The van der Waals surface area contributed by atoms with Crippen molar-refractivity contribution in [3.8, 4) is 11.1 Å². The lowest BCUT2D eigenvalue weighted by molar-refractivity contribution is 0.171. The van der Waals surface area contributed by atoms with Crippen LogP contribution in [0.3, 0.4) is 0 Å².